The van der Waals surface area contributed by atoms with Gasteiger partial charge in [0, 0.05) is 12.1 Å². The minimum absolute atomic E-state index is 0.246. The molecule has 0 saturated heterocycles. The molecule has 7 heteroatoms. The average molecular weight is 380 g/mol. The molecule has 1 amide bonds. The average Bonchev–Trinajstić information content (AvgIpc) is 2.63. The lowest BCUT2D eigenvalue weighted by Gasteiger charge is -2.18. The number of carbonyl (C=O) groups excluding carboxylic acids is 1. The minimum Gasteiger partial charge on any atom is -0.489 e. The highest BCUT2D eigenvalue weighted by atomic mass is 19.4. The van der Waals surface area contributed by atoms with Gasteiger partial charge in [0.1, 0.15) is 12.4 Å². The Hall–Kier alpha value is -2.54. The molecule has 0 radical (unpaired) electrons. The van der Waals surface area contributed by atoms with Crippen LogP contribution < -0.4 is 10.1 Å². The Labute approximate surface area is 156 Å². The van der Waals surface area contributed by atoms with Gasteiger partial charge in [0.05, 0.1) is 6.54 Å². The van der Waals surface area contributed by atoms with E-state index in [0.717, 1.165) is 11.3 Å². The lowest BCUT2D eigenvalue weighted by Crippen LogP contribution is -2.33. The summed E-state index contributed by atoms with van der Waals surface area (Å²) in [5.74, 6) is 0.527. The van der Waals surface area contributed by atoms with E-state index in [0.29, 0.717) is 25.1 Å². The Morgan fingerprint density at radius 3 is 2.37 bits per heavy atom. The number of ether oxygens (including phenoxy) is 1. The van der Waals surface area contributed by atoms with E-state index in [1.165, 1.54) is 11.9 Å². The van der Waals surface area contributed by atoms with E-state index >= 15 is 0 Å². The van der Waals surface area contributed by atoms with Crippen molar-refractivity contribution >= 4 is 5.91 Å². The number of benzene rings is 2. The monoisotopic (exact) mass is 380 g/mol. The molecule has 2 aromatic carbocycles. The fourth-order valence-electron chi connectivity index (χ4n) is 2.47. The highest BCUT2D eigenvalue weighted by Crippen LogP contribution is 2.15. The Bertz CT molecular complexity index is 703. The molecule has 0 fully saturated rings. The number of alkyl halides is 3. The van der Waals surface area contributed by atoms with E-state index in [1.54, 1.807) is 12.1 Å². The fourth-order valence-corrected chi connectivity index (χ4v) is 2.47. The van der Waals surface area contributed by atoms with Crippen molar-refractivity contribution in [3.63, 3.8) is 0 Å². The second kappa shape index (κ2) is 9.97. The topological polar surface area (TPSA) is 41.6 Å². The summed E-state index contributed by atoms with van der Waals surface area (Å²) in [6, 6.07) is 16.5. The van der Waals surface area contributed by atoms with Crippen LogP contribution >= 0.6 is 0 Å². The van der Waals surface area contributed by atoms with Crippen molar-refractivity contribution in [3.8, 4) is 5.75 Å². The molecule has 0 spiro atoms. The van der Waals surface area contributed by atoms with Crippen molar-refractivity contribution in [2.45, 2.75) is 19.2 Å². The second-order valence-electron chi connectivity index (χ2n) is 6.26. The summed E-state index contributed by atoms with van der Waals surface area (Å²) < 4.78 is 42.3. The van der Waals surface area contributed by atoms with Crippen LogP contribution in [0.15, 0.2) is 54.6 Å². The highest BCUT2D eigenvalue weighted by Gasteiger charge is 2.28. The molecule has 0 heterocycles. The number of hydrogen-bond acceptors (Lipinski definition) is 3. The Morgan fingerprint density at radius 1 is 1.07 bits per heavy atom. The molecular weight excluding hydrogens is 357 g/mol. The lowest BCUT2D eigenvalue weighted by molar-refractivity contribution is -0.143. The summed E-state index contributed by atoms with van der Waals surface area (Å²) in [4.78, 5) is 13.3. The quantitative estimate of drug-likeness (QED) is 0.672. The first-order chi connectivity index (χ1) is 12.8. The summed E-state index contributed by atoms with van der Waals surface area (Å²) >= 11 is 0. The van der Waals surface area contributed by atoms with E-state index in [2.05, 4.69) is 5.32 Å². The summed E-state index contributed by atoms with van der Waals surface area (Å²) in [7, 11) is 1.41. The van der Waals surface area contributed by atoms with Crippen LogP contribution in [0.5, 0.6) is 5.75 Å². The molecule has 0 bridgehead atoms. The third-order valence-corrected chi connectivity index (χ3v) is 3.82. The van der Waals surface area contributed by atoms with Crippen molar-refractivity contribution in [1.82, 2.24) is 10.2 Å². The molecule has 0 saturated carbocycles. The van der Waals surface area contributed by atoms with Crippen LogP contribution in [0.3, 0.4) is 0 Å². The molecule has 2 rings (SSSR count). The second-order valence-corrected chi connectivity index (χ2v) is 6.26. The normalized spacial score (nSPS) is 11.4. The SMILES string of the molecule is CN(CCCNC(=O)c1ccc(COc2ccccc2)cc1)CC(F)(F)F. The molecule has 0 aliphatic carbocycles. The van der Waals surface area contributed by atoms with Gasteiger partial charge >= 0.3 is 6.18 Å². The number of para-hydroxylation sites is 1. The van der Waals surface area contributed by atoms with Gasteiger partial charge in [-0.1, -0.05) is 30.3 Å². The molecule has 27 heavy (non-hydrogen) atoms. The van der Waals surface area contributed by atoms with Crippen molar-refractivity contribution in [3.05, 3.63) is 65.7 Å². The lowest BCUT2D eigenvalue weighted by atomic mass is 10.1. The molecule has 4 nitrogen and oxygen atoms in total. The van der Waals surface area contributed by atoms with Gasteiger partial charge in [0.2, 0.25) is 0 Å². The van der Waals surface area contributed by atoms with Crippen LogP contribution in [0.2, 0.25) is 0 Å². The predicted octanol–water partition coefficient (Wildman–Crippen LogP) is 3.88. The maximum absolute atomic E-state index is 12.2. The van der Waals surface area contributed by atoms with Gasteiger partial charge in [-0.2, -0.15) is 13.2 Å². The number of amides is 1. The van der Waals surface area contributed by atoms with Gasteiger partial charge in [-0.25, -0.2) is 0 Å². The largest absolute Gasteiger partial charge is 0.489 e. The van der Waals surface area contributed by atoms with E-state index < -0.39 is 12.7 Å². The number of nitrogens with one attached hydrogen (secondary N) is 1. The van der Waals surface area contributed by atoms with Crippen LogP contribution in [0.1, 0.15) is 22.3 Å². The van der Waals surface area contributed by atoms with E-state index in [-0.39, 0.29) is 12.5 Å². The van der Waals surface area contributed by atoms with Crippen molar-refractivity contribution in [1.29, 1.82) is 0 Å². The Kier molecular flexibility index (Phi) is 7.67. The summed E-state index contributed by atoms with van der Waals surface area (Å²) in [6.45, 7) is 0.0281. The van der Waals surface area contributed by atoms with Crippen LogP contribution in [0.4, 0.5) is 13.2 Å². The van der Waals surface area contributed by atoms with Gasteiger partial charge in [-0.05, 0) is 49.8 Å². The van der Waals surface area contributed by atoms with Gasteiger partial charge < -0.3 is 10.1 Å². The van der Waals surface area contributed by atoms with E-state index in [1.807, 2.05) is 42.5 Å². The van der Waals surface area contributed by atoms with Gasteiger partial charge in [-0.15, -0.1) is 0 Å². The Balaban J connectivity index is 1.70. The molecule has 0 atom stereocenters. The number of nitrogens with zero attached hydrogens (tertiary/aromatic N) is 1. The maximum atomic E-state index is 12.2. The van der Waals surface area contributed by atoms with Crippen LogP contribution in [-0.4, -0.2) is 43.7 Å². The van der Waals surface area contributed by atoms with E-state index in [9.17, 15) is 18.0 Å². The molecular formula is C20H23F3N2O2. The van der Waals surface area contributed by atoms with E-state index in [4.69, 9.17) is 4.74 Å². The number of halogens is 3. The minimum atomic E-state index is -4.20. The maximum Gasteiger partial charge on any atom is 0.401 e. The van der Waals surface area contributed by atoms with Gasteiger partial charge in [0.15, 0.2) is 0 Å². The first kappa shape index (κ1) is 20.8. The molecule has 0 aliphatic heterocycles. The smallest absolute Gasteiger partial charge is 0.401 e. The van der Waals surface area contributed by atoms with Crippen LogP contribution in [0, 0.1) is 0 Å². The third kappa shape index (κ3) is 8.13. The standard InChI is InChI=1S/C20H23F3N2O2/c1-25(15-20(21,22)23)13-5-12-24-19(26)17-10-8-16(9-11-17)14-27-18-6-3-2-4-7-18/h2-4,6-11H,5,12-15H2,1H3,(H,24,26). The number of hydrogen-bond donors (Lipinski definition) is 1. The molecule has 2 aromatic rings. The summed E-state index contributed by atoms with van der Waals surface area (Å²) in [6.07, 6.45) is -3.76. The molecule has 146 valence electrons. The number of rotatable bonds is 9. The zero-order chi connectivity index (χ0) is 19.7. The van der Waals surface area contributed by atoms with Crippen LogP contribution in [-0.2, 0) is 6.61 Å². The summed E-state index contributed by atoms with van der Waals surface area (Å²) in [5, 5.41) is 2.72. The predicted molar refractivity (Wildman–Crippen MR) is 97.7 cm³/mol. The highest BCUT2D eigenvalue weighted by molar-refractivity contribution is 5.94. The summed E-state index contributed by atoms with van der Waals surface area (Å²) in [5.41, 5.74) is 1.44. The third-order valence-electron chi connectivity index (χ3n) is 3.82. The zero-order valence-electron chi connectivity index (χ0n) is 15.1. The van der Waals surface area contributed by atoms with Crippen LogP contribution in [0.25, 0.3) is 0 Å². The number of carbonyl (C=O) groups is 1. The molecule has 0 aliphatic rings. The van der Waals surface area contributed by atoms with Crippen molar-refractivity contribution in [2.24, 2.45) is 0 Å². The Morgan fingerprint density at radius 2 is 1.74 bits per heavy atom. The molecule has 1 N–H and O–H groups in total. The molecule has 0 aromatic heterocycles. The fraction of sp³-hybridized carbons (Fsp3) is 0.350. The molecule has 0 unspecified atom stereocenters. The van der Waals surface area contributed by atoms with Gasteiger partial charge in [-0.3, -0.25) is 9.69 Å². The zero-order valence-corrected chi connectivity index (χ0v) is 15.1. The van der Waals surface area contributed by atoms with Crippen molar-refractivity contribution < 1.29 is 22.7 Å². The van der Waals surface area contributed by atoms with Gasteiger partial charge in [0.25, 0.3) is 5.91 Å². The van der Waals surface area contributed by atoms with Crippen molar-refractivity contribution in [2.75, 3.05) is 26.7 Å². The first-order valence-corrected chi connectivity index (χ1v) is 8.64. The first-order valence-electron chi connectivity index (χ1n) is 8.64.